The second kappa shape index (κ2) is 6.71. The van der Waals surface area contributed by atoms with Crippen LogP contribution < -0.4 is 11.1 Å². The van der Waals surface area contributed by atoms with Gasteiger partial charge in [0.2, 0.25) is 0 Å². The van der Waals surface area contributed by atoms with Crippen molar-refractivity contribution in [3.8, 4) is 0 Å². The summed E-state index contributed by atoms with van der Waals surface area (Å²) in [7, 11) is 0. The van der Waals surface area contributed by atoms with E-state index in [1.54, 1.807) is 0 Å². The summed E-state index contributed by atoms with van der Waals surface area (Å²) < 4.78 is 0. The molecular weight excluding hydrogens is 236 g/mol. The molecule has 0 aliphatic heterocycles. The van der Waals surface area contributed by atoms with Crippen LogP contribution in [0.2, 0.25) is 0 Å². The Labute approximate surface area is 116 Å². The monoisotopic (exact) mass is 262 g/mol. The lowest BCUT2D eigenvalue weighted by atomic mass is 9.88. The van der Waals surface area contributed by atoms with Gasteiger partial charge in [0.05, 0.1) is 0 Å². The van der Waals surface area contributed by atoms with Crippen molar-refractivity contribution >= 4 is 5.91 Å². The third-order valence-electron chi connectivity index (χ3n) is 3.02. The first-order chi connectivity index (χ1) is 8.81. The Morgan fingerprint density at radius 2 is 1.84 bits per heavy atom. The molecule has 1 rings (SSSR count). The van der Waals surface area contributed by atoms with Gasteiger partial charge in [0, 0.05) is 18.2 Å². The summed E-state index contributed by atoms with van der Waals surface area (Å²) in [6.07, 6.45) is 1.88. The maximum atomic E-state index is 11.9. The van der Waals surface area contributed by atoms with Gasteiger partial charge in [-0.05, 0) is 36.0 Å². The minimum Gasteiger partial charge on any atom is -0.350 e. The molecular formula is C16H26N2O. The SMILES string of the molecule is CCc1ccc(C(=O)NCC(N)CC(C)(C)C)cc1. The van der Waals surface area contributed by atoms with Gasteiger partial charge in [0.25, 0.3) is 5.91 Å². The molecule has 1 unspecified atom stereocenters. The fourth-order valence-electron chi connectivity index (χ4n) is 2.08. The largest absolute Gasteiger partial charge is 0.350 e. The van der Waals surface area contributed by atoms with E-state index in [0.29, 0.717) is 12.1 Å². The number of nitrogens with one attached hydrogen (secondary N) is 1. The molecule has 0 fully saturated rings. The number of amides is 1. The molecule has 0 bridgehead atoms. The predicted molar refractivity (Wildman–Crippen MR) is 80.2 cm³/mol. The molecule has 3 N–H and O–H groups in total. The van der Waals surface area contributed by atoms with Gasteiger partial charge in [-0.3, -0.25) is 4.79 Å². The summed E-state index contributed by atoms with van der Waals surface area (Å²) in [5.41, 5.74) is 8.14. The second-order valence-corrected chi connectivity index (χ2v) is 6.29. The molecule has 1 amide bonds. The molecule has 0 heterocycles. The summed E-state index contributed by atoms with van der Waals surface area (Å²) >= 11 is 0. The summed E-state index contributed by atoms with van der Waals surface area (Å²) in [5, 5.41) is 2.89. The lowest BCUT2D eigenvalue weighted by molar-refractivity contribution is 0.0948. The zero-order chi connectivity index (χ0) is 14.5. The van der Waals surface area contributed by atoms with Gasteiger partial charge in [0.15, 0.2) is 0 Å². The quantitative estimate of drug-likeness (QED) is 0.857. The van der Waals surface area contributed by atoms with Crippen LogP contribution in [0.5, 0.6) is 0 Å². The van der Waals surface area contributed by atoms with Gasteiger partial charge in [-0.1, -0.05) is 39.8 Å². The second-order valence-electron chi connectivity index (χ2n) is 6.29. The molecule has 1 atom stereocenters. The van der Waals surface area contributed by atoms with Gasteiger partial charge in [-0.15, -0.1) is 0 Å². The van der Waals surface area contributed by atoms with Crippen LogP contribution in [-0.4, -0.2) is 18.5 Å². The van der Waals surface area contributed by atoms with Crippen molar-refractivity contribution in [1.29, 1.82) is 0 Å². The topological polar surface area (TPSA) is 55.1 Å². The molecule has 1 aromatic carbocycles. The summed E-state index contributed by atoms with van der Waals surface area (Å²) in [6, 6.07) is 7.71. The zero-order valence-corrected chi connectivity index (χ0v) is 12.5. The molecule has 0 saturated heterocycles. The number of hydrogen-bond donors (Lipinski definition) is 2. The molecule has 3 heteroatoms. The Morgan fingerprint density at radius 1 is 1.26 bits per heavy atom. The van der Waals surface area contributed by atoms with Crippen LogP contribution in [0.25, 0.3) is 0 Å². The molecule has 106 valence electrons. The van der Waals surface area contributed by atoms with Gasteiger partial charge >= 0.3 is 0 Å². The molecule has 0 saturated carbocycles. The van der Waals surface area contributed by atoms with Crippen molar-refractivity contribution in [3.05, 3.63) is 35.4 Å². The average Bonchev–Trinajstić information content (AvgIpc) is 2.34. The van der Waals surface area contributed by atoms with Crippen LogP contribution in [0.15, 0.2) is 24.3 Å². The summed E-state index contributed by atoms with van der Waals surface area (Å²) in [5.74, 6) is -0.0491. The third kappa shape index (κ3) is 5.88. The number of rotatable bonds is 5. The van der Waals surface area contributed by atoms with Crippen molar-refractivity contribution in [2.45, 2.75) is 46.6 Å². The average molecular weight is 262 g/mol. The Hall–Kier alpha value is -1.35. The van der Waals surface area contributed by atoms with Crippen LogP contribution in [-0.2, 0) is 6.42 Å². The van der Waals surface area contributed by atoms with Crippen LogP contribution in [0.4, 0.5) is 0 Å². The lowest BCUT2D eigenvalue weighted by Gasteiger charge is -2.23. The van der Waals surface area contributed by atoms with Gasteiger partial charge < -0.3 is 11.1 Å². The van der Waals surface area contributed by atoms with E-state index >= 15 is 0 Å². The molecule has 0 aliphatic carbocycles. The molecule has 3 nitrogen and oxygen atoms in total. The van der Waals surface area contributed by atoms with Crippen molar-refractivity contribution < 1.29 is 4.79 Å². The molecule has 0 radical (unpaired) electrons. The van der Waals surface area contributed by atoms with Crippen molar-refractivity contribution in [2.24, 2.45) is 11.1 Å². The predicted octanol–water partition coefficient (Wildman–Crippen LogP) is 2.74. The number of aryl methyl sites for hydroxylation is 1. The van der Waals surface area contributed by atoms with E-state index in [1.165, 1.54) is 5.56 Å². The van der Waals surface area contributed by atoms with Crippen molar-refractivity contribution in [2.75, 3.05) is 6.54 Å². The normalized spacial score (nSPS) is 13.1. The lowest BCUT2D eigenvalue weighted by Crippen LogP contribution is -2.39. The van der Waals surface area contributed by atoms with Gasteiger partial charge in [0.1, 0.15) is 0 Å². The van der Waals surface area contributed by atoms with E-state index < -0.39 is 0 Å². The smallest absolute Gasteiger partial charge is 0.251 e. The molecule has 1 aromatic rings. The third-order valence-corrected chi connectivity index (χ3v) is 3.02. The highest BCUT2D eigenvalue weighted by Gasteiger charge is 2.16. The highest BCUT2D eigenvalue weighted by atomic mass is 16.1. The van der Waals surface area contributed by atoms with Gasteiger partial charge in [-0.2, -0.15) is 0 Å². The summed E-state index contributed by atoms with van der Waals surface area (Å²) in [6.45, 7) is 9.07. The first kappa shape index (κ1) is 15.7. The van der Waals surface area contributed by atoms with Crippen molar-refractivity contribution in [3.63, 3.8) is 0 Å². The summed E-state index contributed by atoms with van der Waals surface area (Å²) in [4.78, 5) is 11.9. The molecule has 0 aliphatic rings. The molecule has 0 spiro atoms. The van der Waals surface area contributed by atoms with Crippen molar-refractivity contribution in [1.82, 2.24) is 5.32 Å². The Kier molecular flexibility index (Phi) is 5.55. The van der Waals surface area contributed by atoms with Gasteiger partial charge in [-0.25, -0.2) is 0 Å². The first-order valence-corrected chi connectivity index (χ1v) is 6.94. The Bertz CT molecular complexity index is 404. The van der Waals surface area contributed by atoms with E-state index in [-0.39, 0.29) is 17.4 Å². The van der Waals surface area contributed by atoms with Crippen LogP contribution in [0.1, 0.15) is 50.0 Å². The molecule has 19 heavy (non-hydrogen) atoms. The number of carbonyl (C=O) groups excluding carboxylic acids is 1. The van der Waals surface area contributed by atoms with E-state index in [2.05, 4.69) is 33.0 Å². The Morgan fingerprint density at radius 3 is 2.32 bits per heavy atom. The van der Waals surface area contributed by atoms with Crippen LogP contribution >= 0.6 is 0 Å². The number of benzene rings is 1. The minimum atomic E-state index is -0.0491. The van der Waals surface area contributed by atoms with E-state index in [0.717, 1.165) is 12.8 Å². The number of carbonyl (C=O) groups is 1. The first-order valence-electron chi connectivity index (χ1n) is 6.94. The fourth-order valence-corrected chi connectivity index (χ4v) is 2.08. The maximum absolute atomic E-state index is 11.9. The highest BCUT2D eigenvalue weighted by molar-refractivity contribution is 5.94. The minimum absolute atomic E-state index is 0.00105. The maximum Gasteiger partial charge on any atom is 0.251 e. The fraction of sp³-hybridized carbons (Fsp3) is 0.562. The zero-order valence-electron chi connectivity index (χ0n) is 12.5. The van der Waals surface area contributed by atoms with Crippen LogP contribution in [0.3, 0.4) is 0 Å². The van der Waals surface area contributed by atoms with Crippen LogP contribution in [0, 0.1) is 5.41 Å². The number of nitrogens with two attached hydrogens (primary N) is 1. The van der Waals surface area contributed by atoms with E-state index in [9.17, 15) is 4.79 Å². The van der Waals surface area contributed by atoms with E-state index in [4.69, 9.17) is 5.73 Å². The highest BCUT2D eigenvalue weighted by Crippen LogP contribution is 2.19. The molecule has 0 aromatic heterocycles. The van der Waals surface area contributed by atoms with E-state index in [1.807, 2.05) is 24.3 Å². The standard InChI is InChI=1S/C16H26N2O/c1-5-12-6-8-13(9-7-12)15(19)18-11-14(17)10-16(2,3)4/h6-9,14H,5,10-11,17H2,1-4H3,(H,18,19). The Balaban J connectivity index is 2.46. The number of hydrogen-bond acceptors (Lipinski definition) is 2.